The largest absolute Gasteiger partial charge is 0.328 e. The van der Waals surface area contributed by atoms with E-state index in [2.05, 4.69) is 13.8 Å². The molecule has 0 aromatic heterocycles. The van der Waals surface area contributed by atoms with Crippen LogP contribution in [0.4, 0.5) is 4.79 Å². The molecule has 3 nitrogen and oxygen atoms in total. The molecule has 0 spiro atoms. The van der Waals surface area contributed by atoms with Gasteiger partial charge in [-0.05, 0) is 12.8 Å². The summed E-state index contributed by atoms with van der Waals surface area (Å²) in [5.74, 6) is 0. The summed E-state index contributed by atoms with van der Waals surface area (Å²) >= 11 is 0. The Labute approximate surface area is 88.1 Å². The van der Waals surface area contributed by atoms with Gasteiger partial charge in [-0.1, -0.05) is 26.7 Å². The Hall–Kier alpha value is -0.730. The van der Waals surface area contributed by atoms with E-state index >= 15 is 0 Å². The fourth-order valence-corrected chi connectivity index (χ4v) is 1.27. The highest BCUT2D eigenvalue weighted by molar-refractivity contribution is 5.73. The van der Waals surface area contributed by atoms with Crippen LogP contribution < -0.4 is 0 Å². The first-order valence-electron chi connectivity index (χ1n) is 5.59. The third-order valence-corrected chi connectivity index (χ3v) is 2.35. The molecule has 0 radical (unpaired) electrons. The van der Waals surface area contributed by atoms with Gasteiger partial charge in [0.1, 0.15) is 0 Å². The molecule has 0 aromatic rings. The number of carbonyl (C=O) groups excluding carboxylic acids is 1. The van der Waals surface area contributed by atoms with Crippen molar-refractivity contribution in [2.24, 2.45) is 0 Å². The molecular formula is C11H24N2O. The first-order chi connectivity index (χ1) is 6.63. The van der Waals surface area contributed by atoms with Crippen molar-refractivity contribution in [1.82, 2.24) is 9.80 Å². The third-order valence-electron chi connectivity index (χ3n) is 2.35. The highest BCUT2D eigenvalue weighted by Gasteiger charge is 2.12. The quantitative estimate of drug-likeness (QED) is 0.646. The fraction of sp³-hybridized carbons (Fsp3) is 0.909. The molecular weight excluding hydrogens is 176 g/mol. The van der Waals surface area contributed by atoms with Crippen LogP contribution in [0.1, 0.15) is 39.5 Å². The van der Waals surface area contributed by atoms with Crippen molar-refractivity contribution in [1.29, 1.82) is 0 Å². The van der Waals surface area contributed by atoms with Gasteiger partial charge in [-0.2, -0.15) is 0 Å². The van der Waals surface area contributed by atoms with Gasteiger partial charge in [0.2, 0.25) is 0 Å². The van der Waals surface area contributed by atoms with Crippen molar-refractivity contribution in [3.8, 4) is 0 Å². The summed E-state index contributed by atoms with van der Waals surface area (Å²) in [5.41, 5.74) is 0. The van der Waals surface area contributed by atoms with E-state index in [4.69, 9.17) is 0 Å². The van der Waals surface area contributed by atoms with Gasteiger partial charge >= 0.3 is 6.03 Å². The minimum atomic E-state index is 0.145. The van der Waals surface area contributed by atoms with E-state index in [1.807, 2.05) is 14.1 Å². The molecule has 0 aliphatic heterocycles. The molecule has 84 valence electrons. The summed E-state index contributed by atoms with van der Waals surface area (Å²) < 4.78 is 0. The molecule has 3 heteroatoms. The molecule has 0 N–H and O–H groups in total. The van der Waals surface area contributed by atoms with E-state index in [0.29, 0.717) is 0 Å². The molecule has 2 amide bonds. The van der Waals surface area contributed by atoms with Crippen molar-refractivity contribution in [3.05, 3.63) is 0 Å². The highest BCUT2D eigenvalue weighted by atomic mass is 16.2. The van der Waals surface area contributed by atoms with Crippen LogP contribution in [0.2, 0.25) is 0 Å². The van der Waals surface area contributed by atoms with Gasteiger partial charge < -0.3 is 9.80 Å². The van der Waals surface area contributed by atoms with Crippen LogP contribution in [0, 0.1) is 0 Å². The van der Waals surface area contributed by atoms with Crippen LogP contribution in [0.5, 0.6) is 0 Å². The maximum Gasteiger partial charge on any atom is 0.319 e. The number of amides is 2. The van der Waals surface area contributed by atoms with E-state index in [1.165, 1.54) is 0 Å². The average Bonchev–Trinajstić information content (AvgIpc) is 2.21. The molecule has 0 aliphatic carbocycles. The topological polar surface area (TPSA) is 23.6 Å². The molecule has 0 unspecified atom stereocenters. The van der Waals surface area contributed by atoms with E-state index in [1.54, 1.807) is 9.80 Å². The molecule has 0 bridgehead atoms. The van der Waals surface area contributed by atoms with E-state index < -0.39 is 0 Å². The SMILES string of the molecule is CCCCN(C)C(=O)N(C)CCCC. The second-order valence-electron chi connectivity index (χ2n) is 3.83. The van der Waals surface area contributed by atoms with Crippen LogP contribution in [0.3, 0.4) is 0 Å². The maximum absolute atomic E-state index is 11.7. The van der Waals surface area contributed by atoms with Crippen molar-refractivity contribution >= 4 is 6.03 Å². The van der Waals surface area contributed by atoms with Gasteiger partial charge in [0.05, 0.1) is 0 Å². The number of hydrogen-bond donors (Lipinski definition) is 0. The van der Waals surface area contributed by atoms with Gasteiger partial charge in [0.15, 0.2) is 0 Å². The lowest BCUT2D eigenvalue weighted by Gasteiger charge is -2.24. The van der Waals surface area contributed by atoms with Gasteiger partial charge in [0.25, 0.3) is 0 Å². The molecule has 14 heavy (non-hydrogen) atoms. The smallest absolute Gasteiger partial charge is 0.319 e. The van der Waals surface area contributed by atoms with Crippen molar-refractivity contribution in [2.45, 2.75) is 39.5 Å². The number of urea groups is 1. The summed E-state index contributed by atoms with van der Waals surface area (Å²) in [5, 5.41) is 0. The van der Waals surface area contributed by atoms with Crippen molar-refractivity contribution in [3.63, 3.8) is 0 Å². The van der Waals surface area contributed by atoms with Crippen molar-refractivity contribution < 1.29 is 4.79 Å². The zero-order valence-electron chi connectivity index (χ0n) is 10.0. The Kier molecular flexibility index (Phi) is 7.25. The minimum absolute atomic E-state index is 0.145. The second-order valence-corrected chi connectivity index (χ2v) is 3.83. The average molecular weight is 200 g/mol. The second kappa shape index (κ2) is 7.65. The lowest BCUT2D eigenvalue weighted by molar-refractivity contribution is 0.172. The summed E-state index contributed by atoms with van der Waals surface area (Å²) in [6, 6.07) is 0.145. The number of carbonyl (C=O) groups is 1. The maximum atomic E-state index is 11.7. The predicted molar refractivity (Wildman–Crippen MR) is 60.5 cm³/mol. The summed E-state index contributed by atoms with van der Waals surface area (Å²) in [6.45, 7) is 6.01. The minimum Gasteiger partial charge on any atom is -0.328 e. The summed E-state index contributed by atoms with van der Waals surface area (Å²) in [7, 11) is 3.75. The zero-order chi connectivity index (χ0) is 11.0. The van der Waals surface area contributed by atoms with Crippen LogP contribution in [-0.4, -0.2) is 43.0 Å². The monoisotopic (exact) mass is 200 g/mol. The number of hydrogen-bond acceptors (Lipinski definition) is 1. The van der Waals surface area contributed by atoms with Gasteiger partial charge in [-0.3, -0.25) is 0 Å². The Morgan fingerprint density at radius 1 is 0.929 bits per heavy atom. The predicted octanol–water partition coefficient (Wildman–Crippen LogP) is 2.57. The molecule has 0 fully saturated rings. The first-order valence-corrected chi connectivity index (χ1v) is 5.59. The van der Waals surface area contributed by atoms with Crippen LogP contribution in [-0.2, 0) is 0 Å². The lowest BCUT2D eigenvalue weighted by Crippen LogP contribution is -2.39. The van der Waals surface area contributed by atoms with Crippen LogP contribution >= 0.6 is 0 Å². The third kappa shape index (κ3) is 5.10. The van der Waals surface area contributed by atoms with Crippen molar-refractivity contribution in [2.75, 3.05) is 27.2 Å². The van der Waals surface area contributed by atoms with Gasteiger partial charge in [-0.15, -0.1) is 0 Å². The Balaban J connectivity index is 3.78. The highest BCUT2D eigenvalue weighted by Crippen LogP contribution is 1.99. The number of unbranched alkanes of at least 4 members (excludes halogenated alkanes) is 2. The molecule has 0 aliphatic rings. The Bertz CT molecular complexity index is 143. The number of nitrogens with zero attached hydrogens (tertiary/aromatic N) is 2. The van der Waals surface area contributed by atoms with Crippen LogP contribution in [0.15, 0.2) is 0 Å². The fourth-order valence-electron chi connectivity index (χ4n) is 1.27. The van der Waals surface area contributed by atoms with E-state index in [-0.39, 0.29) is 6.03 Å². The zero-order valence-corrected chi connectivity index (χ0v) is 10.0. The molecule has 0 saturated carbocycles. The summed E-state index contributed by atoms with van der Waals surface area (Å²) in [6.07, 6.45) is 4.44. The molecule has 0 rings (SSSR count). The molecule has 0 atom stereocenters. The Morgan fingerprint density at radius 3 is 1.57 bits per heavy atom. The molecule has 0 saturated heterocycles. The summed E-state index contributed by atoms with van der Waals surface area (Å²) in [4.78, 5) is 15.3. The van der Waals surface area contributed by atoms with Gasteiger partial charge in [-0.25, -0.2) is 4.79 Å². The molecule has 0 heterocycles. The van der Waals surface area contributed by atoms with Crippen LogP contribution in [0.25, 0.3) is 0 Å². The normalized spacial score (nSPS) is 10.0. The van der Waals surface area contributed by atoms with Gasteiger partial charge in [0, 0.05) is 27.2 Å². The van der Waals surface area contributed by atoms with E-state index in [0.717, 1.165) is 38.8 Å². The molecule has 0 aromatic carbocycles. The number of rotatable bonds is 6. The van der Waals surface area contributed by atoms with E-state index in [9.17, 15) is 4.79 Å². The Morgan fingerprint density at radius 2 is 1.29 bits per heavy atom. The lowest BCUT2D eigenvalue weighted by atomic mass is 10.3. The first kappa shape index (κ1) is 13.3. The standard InChI is InChI=1S/C11H24N2O/c1-5-7-9-12(3)11(14)13(4)10-8-6-2/h5-10H2,1-4H3.